The minimum atomic E-state index is -0.140. The molecular formula is C25H46N6O3. The zero-order valence-corrected chi connectivity index (χ0v) is 20.9. The summed E-state index contributed by atoms with van der Waals surface area (Å²) in [4.78, 5) is 22.9. The van der Waals surface area contributed by atoms with Crippen LogP contribution in [0.3, 0.4) is 0 Å². The highest BCUT2D eigenvalue weighted by Gasteiger charge is 2.42. The fourth-order valence-electron chi connectivity index (χ4n) is 7.23. The summed E-state index contributed by atoms with van der Waals surface area (Å²) in [5, 5.41) is 7.53. The molecule has 0 aromatic rings. The molecule has 5 aliphatic rings. The van der Waals surface area contributed by atoms with E-state index in [2.05, 4.69) is 25.9 Å². The number of nitrogens with zero attached hydrogens (tertiary/aromatic N) is 2. The number of amides is 1. The van der Waals surface area contributed by atoms with Gasteiger partial charge in [0.25, 0.3) is 0 Å². The number of piperidine rings is 2. The van der Waals surface area contributed by atoms with Gasteiger partial charge in [0.1, 0.15) is 6.23 Å². The normalized spacial score (nSPS) is 41.1. The molecule has 0 aromatic heterocycles. The predicted molar refractivity (Wildman–Crippen MR) is 130 cm³/mol. The first-order valence-corrected chi connectivity index (χ1v) is 13.8. The second-order valence-corrected chi connectivity index (χ2v) is 11.3. The van der Waals surface area contributed by atoms with E-state index in [0.717, 1.165) is 51.9 Å². The maximum Gasteiger partial charge on any atom is 0.220 e. The van der Waals surface area contributed by atoms with Gasteiger partial charge in [-0.15, -0.1) is 0 Å². The molecule has 5 N–H and O–H groups in total. The Bertz CT molecular complexity index is 675. The van der Waals surface area contributed by atoms with Gasteiger partial charge in [-0.3, -0.25) is 24.7 Å². The lowest BCUT2D eigenvalue weighted by molar-refractivity contribution is -0.123. The number of ether oxygens (including phenoxy) is 1. The smallest absolute Gasteiger partial charge is 0.220 e. The highest BCUT2D eigenvalue weighted by molar-refractivity contribution is 5.76. The molecule has 7 unspecified atom stereocenters. The molecule has 4 heterocycles. The maximum absolute atomic E-state index is 11.5. The molecule has 4 aliphatic heterocycles. The van der Waals surface area contributed by atoms with Crippen molar-refractivity contribution in [1.29, 1.82) is 0 Å². The van der Waals surface area contributed by atoms with Crippen molar-refractivity contribution in [3.63, 3.8) is 0 Å². The molecule has 0 aromatic carbocycles. The van der Waals surface area contributed by atoms with Crippen molar-refractivity contribution in [2.45, 2.75) is 94.9 Å². The molecule has 194 valence electrons. The summed E-state index contributed by atoms with van der Waals surface area (Å²) in [6, 6.07) is 0.433. The average Bonchev–Trinajstić information content (AvgIpc) is 3.54. The fraction of sp³-hybridized carbons (Fsp3) is 0.960. The number of methoxy groups -OCH3 is 1. The number of likely N-dealkylation sites (tertiary alicyclic amines) is 2. The summed E-state index contributed by atoms with van der Waals surface area (Å²) in [6.07, 6.45) is 12.6. The Hall–Kier alpha value is -0.810. The Morgan fingerprint density at radius 1 is 1.06 bits per heavy atom. The van der Waals surface area contributed by atoms with E-state index < -0.39 is 0 Å². The van der Waals surface area contributed by atoms with Crippen LogP contribution < -0.4 is 21.8 Å². The number of nitrogens with two attached hydrogens (primary N) is 1. The molecule has 0 radical (unpaired) electrons. The third-order valence-corrected chi connectivity index (χ3v) is 9.31. The molecule has 1 aliphatic carbocycles. The Balaban J connectivity index is 1.12. The van der Waals surface area contributed by atoms with Gasteiger partial charge in [0.05, 0.1) is 24.5 Å². The van der Waals surface area contributed by atoms with E-state index >= 15 is 0 Å². The van der Waals surface area contributed by atoms with Gasteiger partial charge in [0.15, 0.2) is 0 Å². The van der Waals surface area contributed by atoms with Gasteiger partial charge in [-0.2, -0.15) is 5.48 Å². The third kappa shape index (κ3) is 5.61. The van der Waals surface area contributed by atoms with Gasteiger partial charge in [-0.1, -0.05) is 12.8 Å². The molecule has 1 saturated carbocycles. The molecule has 1 amide bonds. The van der Waals surface area contributed by atoms with Crippen LogP contribution in [0, 0.1) is 17.8 Å². The number of carbonyl (C=O) groups is 1. The van der Waals surface area contributed by atoms with Crippen LogP contribution in [0.4, 0.5) is 0 Å². The Morgan fingerprint density at radius 2 is 1.88 bits per heavy atom. The predicted octanol–water partition coefficient (Wildman–Crippen LogP) is 0.956. The Kier molecular flexibility index (Phi) is 8.41. The van der Waals surface area contributed by atoms with Gasteiger partial charge in [-0.05, 0) is 76.3 Å². The number of hydrogen-bond acceptors (Lipinski definition) is 8. The Labute approximate surface area is 204 Å². The minimum absolute atomic E-state index is 0.0464. The van der Waals surface area contributed by atoms with E-state index in [1.165, 1.54) is 45.1 Å². The van der Waals surface area contributed by atoms with Gasteiger partial charge in [-0.25, -0.2) is 0 Å². The number of rotatable bonds is 7. The second-order valence-electron chi connectivity index (χ2n) is 11.3. The van der Waals surface area contributed by atoms with E-state index in [4.69, 9.17) is 15.3 Å². The van der Waals surface area contributed by atoms with Crippen LogP contribution in [-0.2, 0) is 14.4 Å². The van der Waals surface area contributed by atoms with Crippen LogP contribution in [0.2, 0.25) is 0 Å². The number of carbonyl (C=O) groups excluding carboxylic acids is 1. The molecule has 34 heavy (non-hydrogen) atoms. The van der Waals surface area contributed by atoms with Crippen LogP contribution in [-0.4, -0.2) is 86.2 Å². The maximum atomic E-state index is 11.5. The monoisotopic (exact) mass is 478 g/mol. The summed E-state index contributed by atoms with van der Waals surface area (Å²) >= 11 is 0. The van der Waals surface area contributed by atoms with Gasteiger partial charge >= 0.3 is 0 Å². The van der Waals surface area contributed by atoms with Crippen molar-refractivity contribution in [1.82, 2.24) is 25.9 Å². The average molecular weight is 479 g/mol. The lowest BCUT2D eigenvalue weighted by Gasteiger charge is -2.42. The first kappa shape index (κ1) is 24.9. The van der Waals surface area contributed by atoms with E-state index in [-0.39, 0.29) is 24.2 Å². The molecular weight excluding hydrogens is 432 g/mol. The van der Waals surface area contributed by atoms with Crippen LogP contribution >= 0.6 is 0 Å². The molecule has 0 bridgehead atoms. The van der Waals surface area contributed by atoms with E-state index in [9.17, 15) is 4.79 Å². The number of hydroxylamine groups is 1. The first-order chi connectivity index (χ1) is 16.6. The topological polar surface area (TPSA) is 104 Å². The molecule has 7 atom stereocenters. The summed E-state index contributed by atoms with van der Waals surface area (Å²) in [6.45, 7) is 5.21. The van der Waals surface area contributed by atoms with E-state index in [1.807, 2.05) is 7.11 Å². The van der Waals surface area contributed by atoms with Crippen molar-refractivity contribution >= 4 is 5.91 Å². The summed E-state index contributed by atoms with van der Waals surface area (Å²) in [5.41, 5.74) is 8.90. The van der Waals surface area contributed by atoms with E-state index in [0.29, 0.717) is 30.1 Å². The number of primary amides is 1. The standard InChI is InChI=1S/C25H46N6O3/c1-33-21-7-3-2-5-19(21)16-31-12-4-6-20(31)25-28-24(29-34-25)18-8-11-27-22(15-18)30-13-9-17(10-14-30)23(26)32/h17-22,24-25,27-29H,2-16H2,1H3,(H2,26,32). The first-order valence-electron chi connectivity index (χ1n) is 13.8. The summed E-state index contributed by atoms with van der Waals surface area (Å²) in [5.74, 6) is 1.08. The van der Waals surface area contributed by atoms with Crippen LogP contribution in [0.1, 0.15) is 64.2 Å². The van der Waals surface area contributed by atoms with Crippen LogP contribution in [0.5, 0.6) is 0 Å². The zero-order valence-electron chi connectivity index (χ0n) is 20.9. The minimum Gasteiger partial charge on any atom is -0.381 e. The number of nitrogens with one attached hydrogen (secondary N) is 3. The number of hydrogen-bond donors (Lipinski definition) is 4. The second kappa shape index (κ2) is 11.5. The highest BCUT2D eigenvalue weighted by atomic mass is 16.7. The molecule has 9 nitrogen and oxygen atoms in total. The molecule has 0 spiro atoms. The van der Waals surface area contributed by atoms with Crippen molar-refractivity contribution in [2.75, 3.05) is 39.8 Å². The Morgan fingerprint density at radius 3 is 2.68 bits per heavy atom. The van der Waals surface area contributed by atoms with E-state index in [1.54, 1.807) is 0 Å². The van der Waals surface area contributed by atoms with Gasteiger partial charge in [0, 0.05) is 32.7 Å². The molecule has 5 rings (SSSR count). The zero-order chi connectivity index (χ0) is 23.5. The SMILES string of the molecule is COC1CCCCC1CN1CCCC1C1NC(C2CCNC(N3CCC(C(N)=O)CC3)C2)NO1. The van der Waals surface area contributed by atoms with Crippen LogP contribution in [0.15, 0.2) is 0 Å². The summed E-state index contributed by atoms with van der Waals surface area (Å²) < 4.78 is 5.83. The van der Waals surface area contributed by atoms with Gasteiger partial charge in [0.2, 0.25) is 5.91 Å². The van der Waals surface area contributed by atoms with Crippen molar-refractivity contribution in [3.8, 4) is 0 Å². The molecule has 9 heteroatoms. The molecule has 4 saturated heterocycles. The lowest BCUT2D eigenvalue weighted by Crippen LogP contribution is -2.57. The van der Waals surface area contributed by atoms with Crippen molar-refractivity contribution in [3.05, 3.63) is 0 Å². The highest BCUT2D eigenvalue weighted by Crippen LogP contribution is 2.32. The van der Waals surface area contributed by atoms with Crippen LogP contribution in [0.25, 0.3) is 0 Å². The molecule has 5 fully saturated rings. The third-order valence-electron chi connectivity index (χ3n) is 9.31. The lowest BCUT2D eigenvalue weighted by atomic mass is 9.86. The quantitative estimate of drug-likeness (QED) is 0.429. The fourth-order valence-corrected chi connectivity index (χ4v) is 7.23. The largest absolute Gasteiger partial charge is 0.381 e. The van der Waals surface area contributed by atoms with Gasteiger partial charge < -0.3 is 15.8 Å². The van der Waals surface area contributed by atoms with Crippen molar-refractivity contribution < 1.29 is 14.4 Å². The van der Waals surface area contributed by atoms with Crippen molar-refractivity contribution in [2.24, 2.45) is 23.5 Å². The summed E-state index contributed by atoms with van der Waals surface area (Å²) in [7, 11) is 1.88.